The van der Waals surface area contributed by atoms with Crippen LogP contribution in [0.2, 0.25) is 0 Å². The Morgan fingerprint density at radius 3 is 2.24 bits per heavy atom. The maximum atomic E-state index is 11.8. The molecule has 0 bridgehead atoms. The van der Waals surface area contributed by atoms with Gasteiger partial charge in [-0.15, -0.1) is 0 Å². The molecule has 1 atom stereocenters. The summed E-state index contributed by atoms with van der Waals surface area (Å²) in [6.07, 6.45) is 2.15. The van der Waals surface area contributed by atoms with Crippen molar-refractivity contribution in [3.05, 3.63) is 10.6 Å². The lowest BCUT2D eigenvalue weighted by Crippen LogP contribution is -2.40. The predicted octanol–water partition coefficient (Wildman–Crippen LogP) is 2.79. The molecular formula is C13H24BrNO5S. The third kappa shape index (κ3) is 11.7. The third-order valence-corrected chi connectivity index (χ3v) is 3.21. The van der Waals surface area contributed by atoms with Crippen molar-refractivity contribution in [1.29, 1.82) is 0 Å². The van der Waals surface area contributed by atoms with Crippen molar-refractivity contribution in [1.82, 2.24) is 5.32 Å². The normalized spacial score (nSPS) is 15.0. The molecule has 0 saturated heterocycles. The minimum Gasteiger partial charge on any atom is -0.444 e. The van der Waals surface area contributed by atoms with Crippen LogP contribution in [0.25, 0.3) is 0 Å². The molecule has 0 aliphatic rings. The molecular weight excluding hydrogens is 362 g/mol. The molecule has 0 spiro atoms. The highest BCUT2D eigenvalue weighted by Crippen LogP contribution is 2.14. The van der Waals surface area contributed by atoms with E-state index in [1.807, 2.05) is 13.8 Å². The Labute approximate surface area is 135 Å². The third-order valence-electron chi connectivity index (χ3n) is 2.17. The Morgan fingerprint density at radius 1 is 1.33 bits per heavy atom. The van der Waals surface area contributed by atoms with Gasteiger partial charge in [0.05, 0.1) is 18.9 Å². The summed E-state index contributed by atoms with van der Waals surface area (Å²) in [6, 6.07) is -0.308. The van der Waals surface area contributed by atoms with Crippen LogP contribution in [-0.2, 0) is 19.0 Å². The summed E-state index contributed by atoms with van der Waals surface area (Å²) in [5, 5.41) is 2.73. The fraction of sp³-hybridized carbons (Fsp3) is 0.769. The molecule has 0 saturated carbocycles. The Kier molecular flexibility index (Phi) is 7.91. The predicted molar refractivity (Wildman–Crippen MR) is 85.8 cm³/mol. The van der Waals surface area contributed by atoms with E-state index in [1.165, 1.54) is 0 Å². The number of amides is 1. The maximum Gasteiger partial charge on any atom is 0.408 e. The zero-order chi connectivity index (χ0) is 16.8. The molecule has 6 nitrogen and oxygen atoms in total. The van der Waals surface area contributed by atoms with Gasteiger partial charge in [-0.05, 0) is 32.8 Å². The van der Waals surface area contributed by atoms with Crippen LogP contribution in [-0.4, -0.2) is 39.0 Å². The first kappa shape index (κ1) is 20.4. The number of ether oxygens (including phenoxy) is 1. The molecule has 0 aliphatic carbocycles. The van der Waals surface area contributed by atoms with Gasteiger partial charge in [0.2, 0.25) is 0 Å². The summed E-state index contributed by atoms with van der Waals surface area (Å²) in [5.74, 6) is 0.100. The van der Waals surface area contributed by atoms with Crippen molar-refractivity contribution in [3.8, 4) is 0 Å². The van der Waals surface area contributed by atoms with E-state index >= 15 is 0 Å². The lowest BCUT2D eigenvalue weighted by atomic mass is 10.0. The van der Waals surface area contributed by atoms with Gasteiger partial charge >= 0.3 is 6.09 Å². The Morgan fingerprint density at radius 2 is 1.86 bits per heavy atom. The van der Waals surface area contributed by atoms with E-state index in [-0.39, 0.29) is 18.6 Å². The Bertz CT molecular complexity index is 479. The van der Waals surface area contributed by atoms with Gasteiger partial charge in [-0.2, -0.15) is 8.42 Å². The summed E-state index contributed by atoms with van der Waals surface area (Å²) in [6.45, 7) is 9.08. The first-order valence-electron chi connectivity index (χ1n) is 6.50. The van der Waals surface area contributed by atoms with Gasteiger partial charge in [-0.1, -0.05) is 29.8 Å². The fourth-order valence-corrected chi connectivity index (χ4v) is 2.14. The number of hydrogen-bond donors (Lipinski definition) is 1. The molecule has 21 heavy (non-hydrogen) atoms. The quantitative estimate of drug-likeness (QED) is 0.710. The molecule has 0 aromatic heterocycles. The molecule has 8 heteroatoms. The first-order chi connectivity index (χ1) is 9.30. The zero-order valence-electron chi connectivity index (χ0n) is 13.3. The van der Waals surface area contributed by atoms with E-state index in [4.69, 9.17) is 4.74 Å². The van der Waals surface area contributed by atoms with Crippen LogP contribution in [0.5, 0.6) is 0 Å². The van der Waals surface area contributed by atoms with Gasteiger partial charge in [0.1, 0.15) is 5.60 Å². The maximum absolute atomic E-state index is 11.8. The van der Waals surface area contributed by atoms with Gasteiger partial charge in [0.25, 0.3) is 10.1 Å². The van der Waals surface area contributed by atoms with E-state index in [1.54, 1.807) is 26.8 Å². The van der Waals surface area contributed by atoms with Gasteiger partial charge in [0, 0.05) is 4.48 Å². The molecule has 1 N–H and O–H groups in total. The standard InChI is InChI=1S/C13H24BrNO5S/c1-9(2)11(15-12(16)20-13(3,4)5)7-10(14)8-19-21(6,17)18/h7,9,11H,8H2,1-6H3,(H,15,16)/b10-7-/t11-/m1/s1. The molecule has 0 aliphatic heterocycles. The smallest absolute Gasteiger partial charge is 0.408 e. The van der Waals surface area contributed by atoms with E-state index < -0.39 is 21.8 Å². The van der Waals surface area contributed by atoms with Gasteiger partial charge < -0.3 is 10.1 Å². The van der Waals surface area contributed by atoms with Crippen molar-refractivity contribution in [2.75, 3.05) is 12.9 Å². The minimum absolute atomic E-state index is 0.100. The first-order valence-corrected chi connectivity index (χ1v) is 9.11. The highest BCUT2D eigenvalue weighted by molar-refractivity contribution is 9.11. The number of halogens is 1. The molecule has 0 heterocycles. The number of rotatable bonds is 6. The van der Waals surface area contributed by atoms with E-state index in [2.05, 4.69) is 25.4 Å². The molecule has 1 amide bonds. The summed E-state index contributed by atoms with van der Waals surface area (Å²) in [5.41, 5.74) is -0.577. The van der Waals surface area contributed by atoms with Crippen LogP contribution >= 0.6 is 15.9 Å². The van der Waals surface area contributed by atoms with Crippen molar-refractivity contribution >= 4 is 32.1 Å². The summed E-state index contributed by atoms with van der Waals surface area (Å²) in [7, 11) is -3.51. The van der Waals surface area contributed by atoms with Crippen LogP contribution < -0.4 is 5.32 Å². The molecule has 0 rings (SSSR count). The van der Waals surface area contributed by atoms with E-state index in [9.17, 15) is 13.2 Å². The van der Waals surface area contributed by atoms with Crippen molar-refractivity contribution in [2.45, 2.75) is 46.3 Å². The van der Waals surface area contributed by atoms with E-state index in [0.29, 0.717) is 4.48 Å². The number of nitrogens with one attached hydrogen (secondary N) is 1. The van der Waals surface area contributed by atoms with Crippen molar-refractivity contribution in [3.63, 3.8) is 0 Å². The van der Waals surface area contributed by atoms with Crippen LogP contribution in [0.1, 0.15) is 34.6 Å². The Balaban J connectivity index is 4.72. The Hall–Kier alpha value is -0.600. The molecule has 0 fully saturated rings. The van der Waals surface area contributed by atoms with Crippen molar-refractivity contribution in [2.24, 2.45) is 5.92 Å². The fourth-order valence-electron chi connectivity index (χ4n) is 1.25. The van der Waals surface area contributed by atoms with Crippen LogP contribution in [0.4, 0.5) is 4.79 Å². The van der Waals surface area contributed by atoms with E-state index in [0.717, 1.165) is 6.26 Å². The summed E-state index contributed by atoms with van der Waals surface area (Å²) < 4.78 is 32.3. The average Bonchev–Trinajstić information content (AvgIpc) is 2.21. The van der Waals surface area contributed by atoms with Gasteiger partial charge in [-0.25, -0.2) is 4.79 Å². The second-order valence-corrected chi connectivity index (χ2v) is 8.66. The number of hydrogen-bond acceptors (Lipinski definition) is 5. The number of carbonyl (C=O) groups excluding carboxylic acids is 1. The molecule has 124 valence electrons. The second kappa shape index (κ2) is 8.14. The van der Waals surface area contributed by atoms with Gasteiger partial charge in [0.15, 0.2) is 0 Å². The lowest BCUT2D eigenvalue weighted by molar-refractivity contribution is 0.0503. The van der Waals surface area contributed by atoms with Crippen molar-refractivity contribution < 1.29 is 22.1 Å². The van der Waals surface area contributed by atoms with Crippen LogP contribution in [0.15, 0.2) is 10.6 Å². The highest BCUT2D eigenvalue weighted by atomic mass is 79.9. The molecule has 0 unspecified atom stereocenters. The highest BCUT2D eigenvalue weighted by Gasteiger charge is 2.20. The number of carbonyl (C=O) groups is 1. The zero-order valence-corrected chi connectivity index (χ0v) is 15.7. The summed E-state index contributed by atoms with van der Waals surface area (Å²) >= 11 is 3.23. The molecule has 0 radical (unpaired) electrons. The molecule has 0 aromatic rings. The molecule has 0 aromatic carbocycles. The minimum atomic E-state index is -3.51. The van der Waals surface area contributed by atoms with Gasteiger partial charge in [-0.3, -0.25) is 4.18 Å². The number of alkyl carbamates (subject to hydrolysis) is 1. The summed E-state index contributed by atoms with van der Waals surface area (Å²) in [4.78, 5) is 11.8. The average molecular weight is 386 g/mol. The SMILES string of the molecule is CC(C)[C@@H](/C=C(\Br)COS(C)(=O)=O)NC(=O)OC(C)(C)C. The second-order valence-electron chi connectivity index (χ2n) is 6.00. The monoisotopic (exact) mass is 385 g/mol. The largest absolute Gasteiger partial charge is 0.444 e. The van der Waals surface area contributed by atoms with Crippen LogP contribution in [0.3, 0.4) is 0 Å². The lowest BCUT2D eigenvalue weighted by Gasteiger charge is -2.24. The van der Waals surface area contributed by atoms with Crippen LogP contribution in [0, 0.1) is 5.92 Å². The topological polar surface area (TPSA) is 81.7 Å².